The van der Waals surface area contributed by atoms with Crippen LogP contribution in [0.4, 0.5) is 5.69 Å². The van der Waals surface area contributed by atoms with Crippen LogP contribution in [0.3, 0.4) is 0 Å². The number of hydrogen-bond acceptors (Lipinski definition) is 5. The quantitative estimate of drug-likeness (QED) is 0.547. The molecule has 0 fully saturated rings. The minimum Gasteiger partial charge on any atom is -0.383 e. The van der Waals surface area contributed by atoms with Crippen molar-refractivity contribution in [3.8, 4) is 6.07 Å². The summed E-state index contributed by atoms with van der Waals surface area (Å²) < 4.78 is 4.98. The summed E-state index contributed by atoms with van der Waals surface area (Å²) in [4.78, 5) is 28.5. The Bertz CT molecular complexity index is 812. The highest BCUT2D eigenvalue weighted by atomic mass is 16.5. The molecule has 1 aromatic carbocycles. The van der Waals surface area contributed by atoms with Gasteiger partial charge >= 0.3 is 0 Å². The second-order valence-corrected chi connectivity index (χ2v) is 6.19. The number of anilines is 1. The molecule has 0 radical (unpaired) electrons. The summed E-state index contributed by atoms with van der Waals surface area (Å²) in [5, 5.41) is 9.37. The lowest BCUT2D eigenvalue weighted by Crippen LogP contribution is -2.44. The van der Waals surface area contributed by atoms with Crippen LogP contribution in [-0.4, -0.2) is 50.1 Å². The highest BCUT2D eigenvalue weighted by Gasteiger charge is 2.35. The summed E-state index contributed by atoms with van der Waals surface area (Å²) in [6.07, 6.45) is 1.73. The molecule has 2 amide bonds. The first-order chi connectivity index (χ1) is 13.0. The van der Waals surface area contributed by atoms with Gasteiger partial charge in [-0.15, -0.1) is 0 Å². The molecule has 0 atom stereocenters. The predicted molar refractivity (Wildman–Crippen MR) is 105 cm³/mol. The molecule has 0 spiro atoms. The Morgan fingerprint density at radius 3 is 2.30 bits per heavy atom. The molecule has 27 heavy (non-hydrogen) atoms. The topological polar surface area (TPSA) is 73.6 Å². The number of benzene rings is 1. The number of rotatable bonds is 7. The molecule has 0 saturated carbocycles. The largest absolute Gasteiger partial charge is 0.383 e. The number of amides is 2. The molecule has 1 aliphatic heterocycles. The number of imide groups is 1. The van der Waals surface area contributed by atoms with Gasteiger partial charge in [-0.3, -0.25) is 14.5 Å². The summed E-state index contributed by atoms with van der Waals surface area (Å²) in [7, 11) is 1.50. The Morgan fingerprint density at radius 2 is 1.78 bits per heavy atom. The zero-order valence-electron chi connectivity index (χ0n) is 16.3. The Hall–Kier alpha value is -2.91. The molecule has 6 heteroatoms. The molecule has 142 valence electrons. The number of hydrogen-bond donors (Lipinski definition) is 0. The third-order valence-corrected chi connectivity index (χ3v) is 4.68. The van der Waals surface area contributed by atoms with Gasteiger partial charge in [0.2, 0.25) is 0 Å². The first-order valence-corrected chi connectivity index (χ1v) is 9.01. The van der Waals surface area contributed by atoms with Crippen LogP contribution >= 0.6 is 0 Å². The lowest BCUT2D eigenvalue weighted by atomic mass is 9.93. The van der Waals surface area contributed by atoms with Crippen molar-refractivity contribution in [3.05, 3.63) is 46.5 Å². The van der Waals surface area contributed by atoms with Crippen molar-refractivity contribution in [1.82, 2.24) is 4.90 Å². The number of nitriles is 1. The molecule has 0 aromatic heterocycles. The number of methoxy groups -OCH3 is 1. The third-order valence-electron chi connectivity index (χ3n) is 4.68. The standard InChI is InChI=1S/C21H25N3O3/c1-5-23(6-2)17-9-7-16(8-10-17)13-18-15(3)19(14-22)21(26)24(20(18)25)11-12-27-4/h7-10,13H,5-6,11-12H2,1-4H3/b18-13+. The van der Waals surface area contributed by atoms with E-state index in [1.807, 2.05) is 30.3 Å². The molecule has 6 nitrogen and oxygen atoms in total. The van der Waals surface area contributed by atoms with Crippen LogP contribution in [0.5, 0.6) is 0 Å². The summed E-state index contributed by atoms with van der Waals surface area (Å²) in [6, 6.07) is 9.81. The minimum atomic E-state index is -0.564. The van der Waals surface area contributed by atoms with Gasteiger partial charge in [0.15, 0.2) is 0 Å². The van der Waals surface area contributed by atoms with Crippen LogP contribution in [0.25, 0.3) is 6.08 Å². The maximum absolute atomic E-state index is 12.8. The van der Waals surface area contributed by atoms with Gasteiger partial charge in [0.1, 0.15) is 11.6 Å². The number of ether oxygens (including phenoxy) is 1. The van der Waals surface area contributed by atoms with E-state index in [0.717, 1.165) is 29.2 Å². The second kappa shape index (κ2) is 9.15. The fraction of sp³-hybridized carbons (Fsp3) is 0.381. The monoisotopic (exact) mass is 367 g/mol. The Labute approximate surface area is 160 Å². The molecule has 0 N–H and O–H groups in total. The van der Waals surface area contributed by atoms with Gasteiger partial charge in [-0.05, 0) is 50.1 Å². The first kappa shape index (κ1) is 20.4. The van der Waals surface area contributed by atoms with Crippen molar-refractivity contribution >= 4 is 23.6 Å². The maximum atomic E-state index is 12.8. The van der Waals surface area contributed by atoms with E-state index >= 15 is 0 Å². The lowest BCUT2D eigenvalue weighted by molar-refractivity contribution is -0.141. The Kier molecular flexibility index (Phi) is 6.91. The van der Waals surface area contributed by atoms with E-state index in [1.54, 1.807) is 13.0 Å². The van der Waals surface area contributed by atoms with Crippen LogP contribution in [0, 0.1) is 11.3 Å². The molecule has 0 saturated heterocycles. The molecule has 0 aliphatic carbocycles. The summed E-state index contributed by atoms with van der Waals surface area (Å²) in [5.74, 6) is -0.965. The van der Waals surface area contributed by atoms with Crippen LogP contribution in [-0.2, 0) is 14.3 Å². The lowest BCUT2D eigenvalue weighted by Gasteiger charge is -2.27. The summed E-state index contributed by atoms with van der Waals surface area (Å²) >= 11 is 0. The predicted octanol–water partition coefficient (Wildman–Crippen LogP) is 2.77. The minimum absolute atomic E-state index is 0.00304. The van der Waals surface area contributed by atoms with Crippen molar-refractivity contribution in [2.24, 2.45) is 0 Å². The van der Waals surface area contributed by atoms with Gasteiger partial charge < -0.3 is 9.64 Å². The molecular weight excluding hydrogens is 342 g/mol. The molecule has 1 heterocycles. The maximum Gasteiger partial charge on any atom is 0.271 e. The Balaban J connectivity index is 2.42. The molecule has 2 rings (SSSR count). The van der Waals surface area contributed by atoms with E-state index in [4.69, 9.17) is 4.74 Å². The van der Waals surface area contributed by atoms with Crippen molar-refractivity contribution in [2.75, 3.05) is 38.3 Å². The number of carbonyl (C=O) groups excluding carboxylic acids is 2. The van der Waals surface area contributed by atoms with E-state index in [9.17, 15) is 14.9 Å². The molecule has 1 aromatic rings. The van der Waals surface area contributed by atoms with Gasteiger partial charge in [0.05, 0.1) is 13.2 Å². The van der Waals surface area contributed by atoms with E-state index in [-0.39, 0.29) is 18.7 Å². The zero-order valence-corrected chi connectivity index (χ0v) is 16.3. The van der Waals surface area contributed by atoms with Crippen LogP contribution < -0.4 is 4.90 Å². The zero-order chi connectivity index (χ0) is 20.0. The molecular formula is C21H25N3O3. The fourth-order valence-corrected chi connectivity index (χ4v) is 3.05. The number of carbonyl (C=O) groups is 2. The molecule has 0 unspecified atom stereocenters. The summed E-state index contributed by atoms with van der Waals surface area (Å²) in [6.45, 7) is 8.01. The fourth-order valence-electron chi connectivity index (χ4n) is 3.05. The third kappa shape index (κ3) is 4.26. The highest BCUT2D eigenvalue weighted by Crippen LogP contribution is 2.27. The van der Waals surface area contributed by atoms with Crippen LogP contribution in [0.1, 0.15) is 26.3 Å². The second-order valence-electron chi connectivity index (χ2n) is 6.19. The average molecular weight is 367 g/mol. The SMILES string of the molecule is CCN(CC)c1ccc(/C=C2/C(=O)N(CCOC)C(=O)C(C#N)=C2C)cc1. The first-order valence-electron chi connectivity index (χ1n) is 9.01. The molecule has 0 bridgehead atoms. The Morgan fingerprint density at radius 1 is 1.15 bits per heavy atom. The van der Waals surface area contributed by atoms with Gasteiger partial charge in [0, 0.05) is 31.5 Å². The van der Waals surface area contributed by atoms with Gasteiger partial charge in [-0.2, -0.15) is 5.26 Å². The average Bonchev–Trinajstić information content (AvgIpc) is 2.67. The summed E-state index contributed by atoms with van der Waals surface area (Å²) in [5.41, 5.74) is 2.72. The van der Waals surface area contributed by atoms with Gasteiger partial charge in [-0.1, -0.05) is 12.1 Å². The van der Waals surface area contributed by atoms with Gasteiger partial charge in [0.25, 0.3) is 11.8 Å². The smallest absolute Gasteiger partial charge is 0.271 e. The highest BCUT2D eigenvalue weighted by molar-refractivity contribution is 6.19. The van der Waals surface area contributed by atoms with Crippen molar-refractivity contribution in [2.45, 2.75) is 20.8 Å². The van der Waals surface area contributed by atoms with E-state index in [1.165, 1.54) is 7.11 Å². The molecule has 1 aliphatic rings. The van der Waals surface area contributed by atoms with Crippen LogP contribution in [0.2, 0.25) is 0 Å². The van der Waals surface area contributed by atoms with E-state index in [0.29, 0.717) is 11.1 Å². The van der Waals surface area contributed by atoms with Crippen molar-refractivity contribution < 1.29 is 14.3 Å². The number of nitrogens with zero attached hydrogens (tertiary/aromatic N) is 3. The van der Waals surface area contributed by atoms with Crippen molar-refractivity contribution in [1.29, 1.82) is 5.26 Å². The van der Waals surface area contributed by atoms with Crippen LogP contribution in [0.15, 0.2) is 41.0 Å². The van der Waals surface area contributed by atoms with Crippen molar-refractivity contribution in [3.63, 3.8) is 0 Å². The van der Waals surface area contributed by atoms with E-state index < -0.39 is 11.8 Å². The van der Waals surface area contributed by atoms with Gasteiger partial charge in [-0.25, -0.2) is 0 Å². The van der Waals surface area contributed by atoms with E-state index in [2.05, 4.69) is 18.7 Å². The normalized spacial score (nSPS) is 16.1.